The summed E-state index contributed by atoms with van der Waals surface area (Å²) in [6, 6.07) is 0. The fourth-order valence-corrected chi connectivity index (χ4v) is 7.01. The van der Waals surface area contributed by atoms with Crippen molar-refractivity contribution in [3.05, 3.63) is 24.3 Å². The minimum atomic E-state index is -4.28. The second-order valence-electron chi connectivity index (χ2n) is 14.7. The fourth-order valence-electron chi connectivity index (χ4n) is 6.26. The topological polar surface area (TPSA) is 108 Å². The molecule has 2 atom stereocenters. The third-order valence-electron chi connectivity index (χ3n) is 9.49. The van der Waals surface area contributed by atoms with Gasteiger partial charge in [-0.3, -0.25) is 18.6 Å². The first-order valence-electron chi connectivity index (χ1n) is 22.1. The number of esters is 2. The third-order valence-corrected chi connectivity index (χ3v) is 10.6. The van der Waals surface area contributed by atoms with Gasteiger partial charge in [0, 0.05) is 12.8 Å². The lowest BCUT2D eigenvalue weighted by Gasteiger charge is -2.19. The van der Waals surface area contributed by atoms with E-state index >= 15 is 0 Å². The van der Waals surface area contributed by atoms with E-state index in [1.165, 1.54) is 116 Å². The molecule has 2 unspecified atom stereocenters. The van der Waals surface area contributed by atoms with Gasteiger partial charge in [-0.2, -0.15) is 0 Å². The van der Waals surface area contributed by atoms with Crippen LogP contribution in [0.5, 0.6) is 0 Å². The largest absolute Gasteiger partial charge is 0.472 e. The van der Waals surface area contributed by atoms with Crippen molar-refractivity contribution in [1.29, 1.82) is 0 Å². The molecule has 0 aliphatic rings. The summed E-state index contributed by atoms with van der Waals surface area (Å²) in [6.07, 6.45) is 43.8. The van der Waals surface area contributed by atoms with Crippen molar-refractivity contribution < 1.29 is 37.6 Å². The van der Waals surface area contributed by atoms with Gasteiger partial charge in [0.2, 0.25) is 0 Å². The van der Waals surface area contributed by atoms with Gasteiger partial charge in [0.15, 0.2) is 6.10 Å². The molecule has 8 nitrogen and oxygen atoms in total. The predicted octanol–water partition coefficient (Wildman–Crippen LogP) is 13.8. The SMILES string of the molecule is CCC/C=C\C/C=C\CCCCCCCC(=O)OC(COC(=O)CCCCCCCCCCCCCCCCCCCCCC)COP(=O)(O)OCC. The van der Waals surface area contributed by atoms with Gasteiger partial charge in [-0.25, -0.2) is 4.57 Å². The summed E-state index contributed by atoms with van der Waals surface area (Å²) in [4.78, 5) is 34.7. The van der Waals surface area contributed by atoms with E-state index in [1.54, 1.807) is 6.92 Å². The molecule has 0 spiro atoms. The van der Waals surface area contributed by atoms with E-state index in [9.17, 15) is 19.0 Å². The first-order chi connectivity index (χ1) is 25.8. The van der Waals surface area contributed by atoms with Crippen LogP contribution in [-0.2, 0) is 32.7 Å². The number of hydrogen-bond acceptors (Lipinski definition) is 7. The summed E-state index contributed by atoms with van der Waals surface area (Å²) in [5, 5.41) is 0. The van der Waals surface area contributed by atoms with Crippen LogP contribution >= 0.6 is 7.82 Å². The minimum absolute atomic E-state index is 0.000623. The third kappa shape index (κ3) is 40.0. The highest BCUT2D eigenvalue weighted by molar-refractivity contribution is 7.47. The fraction of sp³-hybridized carbons (Fsp3) is 0.864. The summed E-state index contributed by atoms with van der Waals surface area (Å²) in [5.41, 5.74) is 0. The van der Waals surface area contributed by atoms with Gasteiger partial charge in [0.25, 0.3) is 0 Å². The normalized spacial score (nSPS) is 13.5. The van der Waals surface area contributed by atoms with Crippen LogP contribution < -0.4 is 0 Å². The number of hydrogen-bond donors (Lipinski definition) is 1. The average Bonchev–Trinajstić information content (AvgIpc) is 3.13. The molecule has 0 radical (unpaired) electrons. The molecule has 0 aromatic heterocycles. The van der Waals surface area contributed by atoms with Gasteiger partial charge < -0.3 is 14.4 Å². The van der Waals surface area contributed by atoms with Crippen molar-refractivity contribution in [1.82, 2.24) is 0 Å². The standard InChI is InChI=1S/C44H83O8P/c1-4-7-9-11-13-15-17-19-20-21-22-23-24-25-27-28-30-32-34-36-38-43(45)49-40-42(41-51-53(47,48)50-6-3)52-44(46)39-37-35-33-31-29-26-18-16-14-12-10-8-5-2/h10,12,16,18,42H,4-9,11,13-15,17,19-41H2,1-3H3,(H,47,48)/b12-10-,18-16-. The molecule has 0 bridgehead atoms. The number of carbonyl (C=O) groups excluding carboxylic acids is 2. The molecule has 1 N–H and O–H groups in total. The maximum absolute atomic E-state index is 12.5. The zero-order valence-electron chi connectivity index (χ0n) is 34.7. The van der Waals surface area contributed by atoms with Gasteiger partial charge in [-0.1, -0.05) is 186 Å². The first-order valence-corrected chi connectivity index (χ1v) is 23.6. The molecule has 0 fully saturated rings. The monoisotopic (exact) mass is 771 g/mol. The molecule has 312 valence electrons. The molecule has 0 amide bonds. The molecule has 0 aromatic rings. The maximum atomic E-state index is 12.5. The number of rotatable bonds is 41. The van der Waals surface area contributed by atoms with Gasteiger partial charge in [0.1, 0.15) is 6.61 Å². The molecule has 0 saturated heterocycles. The summed E-state index contributed by atoms with van der Waals surface area (Å²) < 4.78 is 32.6. The van der Waals surface area contributed by atoms with Gasteiger partial charge in [-0.05, 0) is 45.4 Å². The van der Waals surface area contributed by atoms with E-state index in [2.05, 4.69) is 38.2 Å². The Kier molecular flexibility index (Phi) is 39.1. The highest BCUT2D eigenvalue weighted by atomic mass is 31.2. The number of carbonyl (C=O) groups is 2. The Hall–Kier alpha value is -1.47. The van der Waals surface area contributed by atoms with Crippen molar-refractivity contribution in [3.8, 4) is 0 Å². The number of phosphoric ester groups is 1. The van der Waals surface area contributed by atoms with Crippen LogP contribution in [0.1, 0.15) is 220 Å². The Bertz CT molecular complexity index is 921. The van der Waals surface area contributed by atoms with Gasteiger partial charge in [-0.15, -0.1) is 0 Å². The second-order valence-corrected chi connectivity index (χ2v) is 16.2. The van der Waals surface area contributed by atoms with E-state index in [-0.39, 0.29) is 25.6 Å². The number of phosphoric acid groups is 1. The van der Waals surface area contributed by atoms with E-state index < -0.39 is 26.5 Å². The van der Waals surface area contributed by atoms with E-state index in [0.29, 0.717) is 12.8 Å². The first kappa shape index (κ1) is 51.5. The van der Waals surface area contributed by atoms with Crippen molar-refractivity contribution in [3.63, 3.8) is 0 Å². The van der Waals surface area contributed by atoms with Crippen LogP contribution in [0, 0.1) is 0 Å². The zero-order valence-corrected chi connectivity index (χ0v) is 35.6. The molecule has 0 aromatic carbocycles. The second kappa shape index (κ2) is 40.2. The van der Waals surface area contributed by atoms with Crippen molar-refractivity contribution in [2.75, 3.05) is 19.8 Å². The quantitative estimate of drug-likeness (QED) is 0.0283. The van der Waals surface area contributed by atoms with Crippen LogP contribution in [-0.4, -0.2) is 42.8 Å². The summed E-state index contributed by atoms with van der Waals surface area (Å²) in [5.74, 6) is -0.805. The van der Waals surface area contributed by atoms with Crippen LogP contribution in [0.4, 0.5) is 0 Å². The van der Waals surface area contributed by atoms with Crippen LogP contribution in [0.15, 0.2) is 24.3 Å². The van der Waals surface area contributed by atoms with Crippen molar-refractivity contribution in [2.24, 2.45) is 0 Å². The number of unbranched alkanes of at least 4 members (excludes halogenated alkanes) is 25. The van der Waals surface area contributed by atoms with E-state index in [1.807, 2.05) is 0 Å². The molecule has 53 heavy (non-hydrogen) atoms. The average molecular weight is 771 g/mol. The van der Waals surface area contributed by atoms with E-state index in [0.717, 1.165) is 64.2 Å². The zero-order chi connectivity index (χ0) is 38.9. The number of ether oxygens (including phenoxy) is 2. The highest BCUT2D eigenvalue weighted by Gasteiger charge is 2.25. The van der Waals surface area contributed by atoms with Crippen LogP contribution in [0.25, 0.3) is 0 Å². The van der Waals surface area contributed by atoms with Crippen molar-refractivity contribution in [2.45, 2.75) is 226 Å². The molecule has 0 saturated carbocycles. The molecular weight excluding hydrogens is 687 g/mol. The predicted molar refractivity (Wildman–Crippen MR) is 221 cm³/mol. The lowest BCUT2D eigenvalue weighted by molar-refractivity contribution is -0.161. The molecule has 0 aliphatic heterocycles. The molecule has 0 aliphatic carbocycles. The van der Waals surface area contributed by atoms with Gasteiger partial charge in [0.05, 0.1) is 13.2 Å². The molecular formula is C44H83O8P. The summed E-state index contributed by atoms with van der Waals surface area (Å²) in [7, 11) is -4.28. The Morgan fingerprint density at radius 3 is 1.42 bits per heavy atom. The Morgan fingerprint density at radius 2 is 0.943 bits per heavy atom. The highest BCUT2D eigenvalue weighted by Crippen LogP contribution is 2.43. The summed E-state index contributed by atoms with van der Waals surface area (Å²) in [6.45, 7) is 5.42. The van der Waals surface area contributed by atoms with Crippen LogP contribution in [0.2, 0.25) is 0 Å². The molecule has 0 rings (SSSR count). The van der Waals surface area contributed by atoms with Crippen LogP contribution in [0.3, 0.4) is 0 Å². The molecule has 9 heteroatoms. The minimum Gasteiger partial charge on any atom is -0.462 e. The lowest BCUT2D eigenvalue weighted by atomic mass is 10.0. The lowest BCUT2D eigenvalue weighted by Crippen LogP contribution is -2.29. The maximum Gasteiger partial charge on any atom is 0.472 e. The van der Waals surface area contributed by atoms with Crippen molar-refractivity contribution >= 4 is 19.8 Å². The Morgan fingerprint density at radius 1 is 0.509 bits per heavy atom. The molecule has 0 heterocycles. The van der Waals surface area contributed by atoms with Gasteiger partial charge >= 0.3 is 19.8 Å². The summed E-state index contributed by atoms with van der Waals surface area (Å²) >= 11 is 0. The smallest absolute Gasteiger partial charge is 0.462 e. The number of allylic oxidation sites excluding steroid dienone is 4. The van der Waals surface area contributed by atoms with E-state index in [4.69, 9.17) is 18.5 Å². The Labute approximate surface area is 326 Å². The Balaban J connectivity index is 4.00.